The smallest absolute Gasteiger partial charge is 0.242 e. The number of aromatic nitrogens is 1. The predicted octanol–water partition coefficient (Wildman–Crippen LogP) is 3.81. The van der Waals surface area contributed by atoms with E-state index < -0.39 is 16.1 Å². The number of fused-ring (bicyclic) bond motifs is 1. The first-order valence-corrected chi connectivity index (χ1v) is 10.1. The molecule has 3 rings (SSSR count). The fourth-order valence-electron chi connectivity index (χ4n) is 2.73. The van der Waals surface area contributed by atoms with Gasteiger partial charge in [0.15, 0.2) is 0 Å². The summed E-state index contributed by atoms with van der Waals surface area (Å²) in [6.45, 7) is 1.53. The number of sulfonamides is 1. The number of rotatable bonds is 5. The third kappa shape index (κ3) is 3.75. The van der Waals surface area contributed by atoms with Crippen LogP contribution >= 0.6 is 23.2 Å². The van der Waals surface area contributed by atoms with E-state index in [1.165, 1.54) is 12.1 Å². The molecule has 0 saturated heterocycles. The van der Waals surface area contributed by atoms with Crippen molar-refractivity contribution in [3.63, 3.8) is 0 Å². The first-order chi connectivity index (χ1) is 12.2. The number of nitrogens with zero attached hydrogens (tertiary/aromatic N) is 1. The van der Waals surface area contributed by atoms with Gasteiger partial charge in [0, 0.05) is 30.3 Å². The highest BCUT2D eigenvalue weighted by molar-refractivity contribution is 7.89. The lowest BCUT2D eigenvalue weighted by atomic mass is 10.1. The summed E-state index contributed by atoms with van der Waals surface area (Å²) < 4.78 is 29.4. The van der Waals surface area contributed by atoms with Gasteiger partial charge in [-0.3, -0.25) is 0 Å². The Morgan fingerprint density at radius 1 is 1.15 bits per heavy atom. The Morgan fingerprint density at radius 2 is 1.88 bits per heavy atom. The van der Waals surface area contributed by atoms with Crippen molar-refractivity contribution in [1.82, 2.24) is 9.29 Å². The molecule has 0 fully saturated rings. The molecule has 0 saturated carbocycles. The van der Waals surface area contributed by atoms with Crippen molar-refractivity contribution >= 4 is 44.1 Å². The molecule has 138 valence electrons. The summed E-state index contributed by atoms with van der Waals surface area (Å²) in [5, 5.41) is 11.8. The second kappa shape index (κ2) is 7.21. The van der Waals surface area contributed by atoms with Crippen LogP contribution in [0.5, 0.6) is 0 Å². The van der Waals surface area contributed by atoms with E-state index in [1.807, 2.05) is 36.0 Å². The molecule has 2 N–H and O–H groups in total. The van der Waals surface area contributed by atoms with Crippen LogP contribution in [0.3, 0.4) is 0 Å². The first kappa shape index (κ1) is 19.2. The Morgan fingerprint density at radius 3 is 2.62 bits per heavy atom. The molecule has 8 heteroatoms. The molecular formula is C18H18Cl2N2O3S. The highest BCUT2D eigenvalue weighted by atomic mass is 35.5. The van der Waals surface area contributed by atoms with Crippen molar-refractivity contribution in [2.75, 3.05) is 6.54 Å². The van der Waals surface area contributed by atoms with Crippen molar-refractivity contribution < 1.29 is 13.5 Å². The minimum atomic E-state index is -3.88. The normalized spacial score (nSPS) is 13.3. The molecule has 1 aromatic heterocycles. The van der Waals surface area contributed by atoms with Crippen molar-refractivity contribution in [2.45, 2.75) is 17.9 Å². The molecule has 5 nitrogen and oxygen atoms in total. The molecule has 1 atom stereocenters. The van der Waals surface area contributed by atoms with Crippen LogP contribution in [-0.2, 0) is 17.1 Å². The van der Waals surface area contributed by atoms with Gasteiger partial charge in [0.25, 0.3) is 0 Å². The number of benzene rings is 2. The molecule has 0 aliphatic carbocycles. The molecule has 0 aliphatic rings. The van der Waals surface area contributed by atoms with Gasteiger partial charge in [-0.05, 0) is 53.8 Å². The lowest BCUT2D eigenvalue weighted by molar-refractivity contribution is 0.182. The molecular weight excluding hydrogens is 395 g/mol. The number of aliphatic hydroxyl groups is 1. The van der Waals surface area contributed by atoms with Crippen molar-refractivity contribution in [3.05, 3.63) is 63.8 Å². The molecule has 0 radical (unpaired) electrons. The average Bonchev–Trinajstić information content (AvgIpc) is 2.96. The van der Waals surface area contributed by atoms with Gasteiger partial charge in [-0.25, -0.2) is 13.1 Å². The number of aryl methyl sites for hydroxylation is 2. The maximum absolute atomic E-state index is 12.5. The zero-order valence-electron chi connectivity index (χ0n) is 14.2. The average molecular weight is 413 g/mol. The summed E-state index contributed by atoms with van der Waals surface area (Å²) in [5.74, 6) is 0. The first-order valence-electron chi connectivity index (χ1n) is 7.87. The molecule has 1 heterocycles. The van der Waals surface area contributed by atoms with Gasteiger partial charge >= 0.3 is 0 Å². The topological polar surface area (TPSA) is 71.3 Å². The zero-order chi connectivity index (χ0) is 19.1. The van der Waals surface area contributed by atoms with E-state index in [0.29, 0.717) is 16.1 Å². The summed E-state index contributed by atoms with van der Waals surface area (Å²) in [7, 11) is -1.94. The quantitative estimate of drug-likeness (QED) is 0.669. The van der Waals surface area contributed by atoms with Gasteiger partial charge in [0.2, 0.25) is 10.0 Å². The summed E-state index contributed by atoms with van der Waals surface area (Å²) in [6.07, 6.45) is 0.940. The van der Waals surface area contributed by atoms with Crippen LogP contribution in [-0.4, -0.2) is 24.6 Å². The SMILES string of the molecule is Cc1cc(S(=O)(=O)NCC(O)c2ccc3c(ccn3C)c2)c(Cl)cc1Cl. The highest BCUT2D eigenvalue weighted by Gasteiger charge is 2.21. The maximum atomic E-state index is 12.5. The van der Waals surface area contributed by atoms with Crippen molar-refractivity contribution in [1.29, 1.82) is 0 Å². The van der Waals surface area contributed by atoms with Crippen LogP contribution < -0.4 is 4.72 Å². The number of aliphatic hydroxyl groups excluding tert-OH is 1. The molecule has 0 amide bonds. The van der Waals surface area contributed by atoms with E-state index in [-0.39, 0.29) is 16.5 Å². The Labute approximate surface area is 162 Å². The number of hydrogen-bond donors (Lipinski definition) is 2. The van der Waals surface area contributed by atoms with Crippen LogP contribution in [0.1, 0.15) is 17.2 Å². The van der Waals surface area contributed by atoms with Crippen molar-refractivity contribution in [3.8, 4) is 0 Å². The molecule has 2 aromatic carbocycles. The van der Waals surface area contributed by atoms with E-state index >= 15 is 0 Å². The monoisotopic (exact) mass is 412 g/mol. The Bertz CT molecular complexity index is 1080. The largest absolute Gasteiger partial charge is 0.387 e. The fourth-order valence-corrected chi connectivity index (χ4v) is 4.60. The summed E-state index contributed by atoms with van der Waals surface area (Å²) in [5.41, 5.74) is 2.27. The zero-order valence-corrected chi connectivity index (χ0v) is 16.5. The van der Waals surface area contributed by atoms with E-state index in [0.717, 1.165) is 10.9 Å². The molecule has 3 aromatic rings. The third-order valence-electron chi connectivity index (χ3n) is 4.26. The third-order valence-corrected chi connectivity index (χ3v) is 6.56. The van der Waals surface area contributed by atoms with E-state index in [1.54, 1.807) is 13.0 Å². The Hall–Kier alpha value is -1.57. The molecule has 1 unspecified atom stereocenters. The molecule has 26 heavy (non-hydrogen) atoms. The number of halogens is 2. The standard InChI is InChI=1S/C18H18Cl2N2O3S/c1-11-7-18(15(20)9-14(11)19)26(24,25)21-10-17(23)13-3-4-16-12(8-13)5-6-22(16)2/h3-9,17,21,23H,10H2,1-2H3. The van der Waals surface area contributed by atoms with Crippen LogP contribution in [0, 0.1) is 6.92 Å². The number of nitrogens with one attached hydrogen (secondary N) is 1. The fraction of sp³-hybridized carbons (Fsp3) is 0.222. The van der Waals surface area contributed by atoms with Gasteiger partial charge < -0.3 is 9.67 Å². The second-order valence-corrected chi connectivity index (χ2v) is 8.69. The molecule has 0 spiro atoms. The van der Waals surface area contributed by atoms with E-state index in [2.05, 4.69) is 4.72 Å². The van der Waals surface area contributed by atoms with Crippen LogP contribution in [0.25, 0.3) is 10.9 Å². The van der Waals surface area contributed by atoms with Gasteiger partial charge in [0.05, 0.1) is 11.1 Å². The molecule has 0 bridgehead atoms. The maximum Gasteiger partial charge on any atom is 0.242 e. The Balaban J connectivity index is 1.79. The second-order valence-electron chi connectivity index (χ2n) is 6.14. The predicted molar refractivity (Wildman–Crippen MR) is 104 cm³/mol. The Kier molecular flexibility index (Phi) is 5.33. The van der Waals surface area contributed by atoms with Gasteiger partial charge in [-0.1, -0.05) is 29.3 Å². The van der Waals surface area contributed by atoms with Gasteiger partial charge in [-0.2, -0.15) is 0 Å². The van der Waals surface area contributed by atoms with Crippen LogP contribution in [0.2, 0.25) is 10.0 Å². The summed E-state index contributed by atoms with van der Waals surface area (Å²) in [6, 6.07) is 10.3. The van der Waals surface area contributed by atoms with E-state index in [9.17, 15) is 13.5 Å². The summed E-state index contributed by atoms with van der Waals surface area (Å²) in [4.78, 5) is -0.0632. The van der Waals surface area contributed by atoms with E-state index in [4.69, 9.17) is 23.2 Å². The van der Waals surface area contributed by atoms with Crippen molar-refractivity contribution in [2.24, 2.45) is 7.05 Å². The number of hydrogen-bond acceptors (Lipinski definition) is 3. The van der Waals surface area contributed by atoms with Crippen LogP contribution in [0.15, 0.2) is 47.5 Å². The lowest BCUT2D eigenvalue weighted by Gasteiger charge is -2.14. The molecule has 0 aliphatic heterocycles. The van der Waals surface area contributed by atoms with Crippen LogP contribution in [0.4, 0.5) is 0 Å². The lowest BCUT2D eigenvalue weighted by Crippen LogP contribution is -2.28. The minimum Gasteiger partial charge on any atom is -0.387 e. The summed E-state index contributed by atoms with van der Waals surface area (Å²) >= 11 is 12.0. The van der Waals surface area contributed by atoms with Gasteiger partial charge in [0.1, 0.15) is 4.90 Å². The van der Waals surface area contributed by atoms with Gasteiger partial charge in [-0.15, -0.1) is 0 Å². The highest BCUT2D eigenvalue weighted by Crippen LogP contribution is 2.28. The minimum absolute atomic E-state index is 0.0355.